The predicted octanol–water partition coefficient (Wildman–Crippen LogP) is 5.48. The van der Waals surface area contributed by atoms with Gasteiger partial charge in [0.1, 0.15) is 17.2 Å². The van der Waals surface area contributed by atoms with Crippen LogP contribution in [-0.4, -0.2) is 52.1 Å². The van der Waals surface area contributed by atoms with Gasteiger partial charge in [-0.1, -0.05) is 23.7 Å². The Morgan fingerprint density at radius 3 is 2.12 bits per heavy atom. The van der Waals surface area contributed by atoms with Gasteiger partial charge >= 0.3 is 0 Å². The Morgan fingerprint density at radius 1 is 0.917 bits per heavy atom. The molecule has 0 bridgehead atoms. The number of phenols is 1. The number of amides is 2. The number of aryl methyl sites for hydroxylation is 2. The van der Waals surface area contributed by atoms with E-state index in [1.165, 1.54) is 58.3 Å². The number of hydrazone groups is 1. The van der Waals surface area contributed by atoms with Crippen molar-refractivity contribution in [3.8, 4) is 11.5 Å². The molecule has 1 aliphatic heterocycles. The fraction of sp³-hybridized carbons (Fsp3) is 0.147. The van der Waals surface area contributed by atoms with Gasteiger partial charge in [0.15, 0.2) is 12.1 Å². The molecule has 2 atom stereocenters. The second kappa shape index (κ2) is 12.9. The van der Waals surface area contributed by atoms with Crippen LogP contribution in [0.3, 0.4) is 0 Å². The van der Waals surface area contributed by atoms with Crippen molar-refractivity contribution in [1.82, 2.24) is 15.0 Å². The van der Waals surface area contributed by atoms with E-state index in [2.05, 4.69) is 20.6 Å². The Morgan fingerprint density at radius 2 is 1.52 bits per heavy atom. The van der Waals surface area contributed by atoms with Crippen LogP contribution in [0.1, 0.15) is 29.9 Å². The number of phenolic OH excluding ortho intramolecular Hbond substituents is 1. The van der Waals surface area contributed by atoms with E-state index in [1.54, 1.807) is 49.4 Å². The van der Waals surface area contributed by atoms with Gasteiger partial charge in [0.2, 0.25) is 9.84 Å². The van der Waals surface area contributed by atoms with E-state index >= 15 is 0 Å². The van der Waals surface area contributed by atoms with Crippen molar-refractivity contribution in [1.29, 1.82) is 0 Å². The molecule has 0 saturated heterocycles. The van der Waals surface area contributed by atoms with Gasteiger partial charge in [-0.25, -0.2) is 8.42 Å². The van der Waals surface area contributed by atoms with Gasteiger partial charge in [0.05, 0.1) is 26.9 Å². The Balaban J connectivity index is 1.14. The molecule has 2 N–H and O–H groups in total. The standard InChI is InChI=1S/C34H29ClN6O6S/c1-20-21(2)38-41(37-20)32-31(23-5-4-6-24(35)19-23)39-40(34(32)44)26-9-7-25(8-10-26)36-33(43)22(3)47-28-13-17-30(18-14-28)48(45,46)29-15-11-27(42)12-16-29/h4-19,22,32,42H,1-3H3,(H,36,43). The number of nitrogens with zero attached hydrogens (tertiary/aromatic N) is 5. The van der Waals surface area contributed by atoms with Crippen LogP contribution in [0.5, 0.6) is 11.5 Å². The van der Waals surface area contributed by atoms with Crippen LogP contribution in [-0.2, 0) is 19.4 Å². The molecule has 12 nitrogen and oxygen atoms in total. The van der Waals surface area contributed by atoms with Gasteiger partial charge in [0, 0.05) is 16.3 Å². The number of aromatic hydroxyl groups is 1. The minimum absolute atomic E-state index is 0.0371. The first-order valence-electron chi connectivity index (χ1n) is 14.7. The molecule has 0 aliphatic carbocycles. The number of sulfone groups is 1. The van der Waals surface area contributed by atoms with E-state index in [0.29, 0.717) is 44.8 Å². The van der Waals surface area contributed by atoms with E-state index in [4.69, 9.17) is 16.3 Å². The molecule has 6 rings (SSSR count). The van der Waals surface area contributed by atoms with Crippen molar-refractivity contribution in [3.63, 3.8) is 0 Å². The monoisotopic (exact) mass is 684 g/mol. The van der Waals surface area contributed by atoms with Crippen LogP contribution in [0.15, 0.2) is 112 Å². The average Bonchev–Trinajstić information content (AvgIpc) is 3.59. The lowest BCUT2D eigenvalue weighted by Crippen LogP contribution is -2.32. The zero-order chi connectivity index (χ0) is 34.2. The van der Waals surface area contributed by atoms with Gasteiger partial charge in [-0.2, -0.15) is 25.1 Å². The van der Waals surface area contributed by atoms with Crippen molar-refractivity contribution in [2.24, 2.45) is 5.10 Å². The summed E-state index contributed by atoms with van der Waals surface area (Å²) in [7, 11) is -3.80. The van der Waals surface area contributed by atoms with Gasteiger partial charge in [-0.3, -0.25) is 9.59 Å². The number of benzene rings is 4. The van der Waals surface area contributed by atoms with Gasteiger partial charge in [-0.05, 0) is 106 Å². The van der Waals surface area contributed by atoms with Crippen molar-refractivity contribution >= 4 is 50.3 Å². The maximum Gasteiger partial charge on any atom is 0.280 e. The lowest BCUT2D eigenvalue weighted by molar-refractivity contribution is -0.122. The van der Waals surface area contributed by atoms with E-state index in [0.717, 1.165) is 0 Å². The fourth-order valence-corrected chi connectivity index (χ4v) is 6.39. The molecule has 2 heterocycles. The maximum absolute atomic E-state index is 13.7. The summed E-state index contributed by atoms with van der Waals surface area (Å²) < 4.78 is 31.5. The van der Waals surface area contributed by atoms with Crippen LogP contribution in [0.2, 0.25) is 5.02 Å². The van der Waals surface area contributed by atoms with E-state index < -0.39 is 27.9 Å². The molecule has 48 heavy (non-hydrogen) atoms. The number of rotatable bonds is 9. The van der Waals surface area contributed by atoms with Gasteiger partial charge < -0.3 is 15.2 Å². The molecule has 244 valence electrons. The summed E-state index contributed by atoms with van der Waals surface area (Å²) in [5.74, 6) is -0.550. The first kappa shape index (κ1) is 32.4. The molecular weight excluding hydrogens is 656 g/mol. The number of carbonyl (C=O) groups excluding carboxylic acids is 2. The summed E-state index contributed by atoms with van der Waals surface area (Å²) in [4.78, 5) is 28.1. The summed E-state index contributed by atoms with van der Waals surface area (Å²) in [5, 5.41) is 27.5. The lowest BCUT2D eigenvalue weighted by Gasteiger charge is -2.16. The molecule has 5 aromatic rings. The lowest BCUT2D eigenvalue weighted by atomic mass is 10.0. The Kier molecular flexibility index (Phi) is 8.73. The highest BCUT2D eigenvalue weighted by atomic mass is 35.5. The van der Waals surface area contributed by atoms with Crippen LogP contribution >= 0.6 is 11.6 Å². The zero-order valence-electron chi connectivity index (χ0n) is 25.9. The first-order valence-corrected chi connectivity index (χ1v) is 16.6. The molecule has 14 heteroatoms. The molecule has 0 saturated carbocycles. The fourth-order valence-electron chi connectivity index (χ4n) is 4.94. The summed E-state index contributed by atoms with van der Waals surface area (Å²) in [6.07, 6.45) is -0.927. The van der Waals surface area contributed by atoms with Crippen LogP contribution < -0.4 is 15.1 Å². The number of aromatic nitrogens is 3. The normalized spacial score (nSPS) is 15.2. The Bertz CT molecular complexity index is 2130. The maximum atomic E-state index is 13.7. The third kappa shape index (κ3) is 6.50. The third-order valence-electron chi connectivity index (χ3n) is 7.63. The van der Waals surface area contributed by atoms with Gasteiger partial charge in [0.25, 0.3) is 11.8 Å². The summed E-state index contributed by atoms with van der Waals surface area (Å²) in [6.45, 7) is 5.19. The minimum atomic E-state index is -3.80. The number of carbonyl (C=O) groups is 2. The molecule has 2 unspecified atom stereocenters. The van der Waals surface area contributed by atoms with Gasteiger partial charge in [-0.15, -0.1) is 0 Å². The molecule has 1 aromatic heterocycles. The van der Waals surface area contributed by atoms with Crippen molar-refractivity contribution in [2.75, 3.05) is 10.3 Å². The second-order valence-corrected chi connectivity index (χ2v) is 13.4. The molecule has 0 radical (unpaired) electrons. The number of hydrogen-bond acceptors (Lipinski definition) is 9. The molecule has 2 amide bonds. The SMILES string of the molecule is Cc1nn(C2C(=O)N(c3ccc(NC(=O)C(C)Oc4ccc(S(=O)(=O)c5ccc(O)cc5)cc4)cc3)N=C2c2cccc(Cl)c2)nc1C. The number of nitrogens with one attached hydrogen (secondary N) is 1. The third-order valence-corrected chi connectivity index (χ3v) is 9.65. The molecule has 4 aromatic carbocycles. The van der Waals surface area contributed by atoms with E-state index in [9.17, 15) is 23.1 Å². The van der Waals surface area contributed by atoms with Crippen LogP contribution in [0, 0.1) is 13.8 Å². The van der Waals surface area contributed by atoms with Crippen molar-refractivity contribution < 1.29 is 27.9 Å². The number of halogens is 1. The molecular formula is C34H29ClN6O6S. The largest absolute Gasteiger partial charge is 0.508 e. The summed E-state index contributed by atoms with van der Waals surface area (Å²) >= 11 is 6.25. The van der Waals surface area contributed by atoms with Crippen molar-refractivity contribution in [2.45, 2.75) is 42.7 Å². The second-order valence-electron chi connectivity index (χ2n) is 11.0. The molecule has 0 spiro atoms. The number of anilines is 2. The van der Waals surface area contributed by atoms with E-state index in [1.807, 2.05) is 19.9 Å². The highest BCUT2D eigenvalue weighted by Crippen LogP contribution is 2.31. The Labute approximate surface area is 281 Å². The first-order chi connectivity index (χ1) is 22.9. The topological polar surface area (TPSA) is 156 Å². The van der Waals surface area contributed by atoms with Crippen molar-refractivity contribution in [3.05, 3.63) is 119 Å². The number of hydrogen-bond donors (Lipinski definition) is 2. The highest BCUT2D eigenvalue weighted by Gasteiger charge is 2.40. The number of ether oxygens (including phenoxy) is 1. The molecule has 1 aliphatic rings. The smallest absolute Gasteiger partial charge is 0.280 e. The predicted molar refractivity (Wildman–Crippen MR) is 179 cm³/mol. The van der Waals surface area contributed by atoms with E-state index in [-0.39, 0.29) is 21.4 Å². The average molecular weight is 685 g/mol. The van der Waals surface area contributed by atoms with Crippen LogP contribution in [0.25, 0.3) is 0 Å². The zero-order valence-corrected chi connectivity index (χ0v) is 27.5. The summed E-state index contributed by atoms with van der Waals surface area (Å²) in [5.41, 5.74) is 3.40. The summed E-state index contributed by atoms with van der Waals surface area (Å²) in [6, 6.07) is 23.7. The van der Waals surface area contributed by atoms with Crippen LogP contribution in [0.4, 0.5) is 11.4 Å². The minimum Gasteiger partial charge on any atom is -0.508 e. The quantitative estimate of drug-likeness (QED) is 0.207. The highest BCUT2D eigenvalue weighted by molar-refractivity contribution is 7.91. The Hall–Kier alpha value is -5.53. The molecule has 0 fully saturated rings.